The molecule has 1 aliphatic rings. The van der Waals surface area contributed by atoms with Crippen LogP contribution in [0.25, 0.3) is 17.0 Å². The number of rotatable bonds is 9. The first kappa shape index (κ1) is 26.4. The standard InChI is InChI=1S/C28H33N3O6/c1-28(2,3)37-27(32)22-6-4-21(5-7-22)20-30-24(10-11-31(33)34)18-23-19-25(8-9-26(23)30)36-17-14-29-12-15-35-16-13-29/h4-11,18-19H,12-17,20H2,1-3H3/b11-10+. The minimum atomic E-state index is -0.566. The molecule has 0 N–H and O–H groups in total. The second-order valence-electron chi connectivity index (χ2n) is 9.98. The van der Waals surface area contributed by atoms with E-state index in [-0.39, 0.29) is 5.97 Å². The maximum atomic E-state index is 12.3. The number of hydrogen-bond donors (Lipinski definition) is 0. The van der Waals surface area contributed by atoms with E-state index >= 15 is 0 Å². The molecular weight excluding hydrogens is 474 g/mol. The van der Waals surface area contributed by atoms with Crippen molar-refractivity contribution >= 4 is 22.9 Å². The van der Waals surface area contributed by atoms with Crippen molar-refractivity contribution in [2.24, 2.45) is 0 Å². The predicted octanol–water partition coefficient (Wildman–Crippen LogP) is 4.60. The highest BCUT2D eigenvalue weighted by molar-refractivity contribution is 5.89. The third kappa shape index (κ3) is 7.41. The van der Waals surface area contributed by atoms with E-state index in [0.29, 0.717) is 24.4 Å². The number of nitrogens with zero attached hydrogens (tertiary/aromatic N) is 3. The summed E-state index contributed by atoms with van der Waals surface area (Å²) in [6.07, 6.45) is 2.43. The summed E-state index contributed by atoms with van der Waals surface area (Å²) in [7, 11) is 0. The van der Waals surface area contributed by atoms with Crippen LogP contribution in [0.4, 0.5) is 0 Å². The van der Waals surface area contributed by atoms with Gasteiger partial charge in [0.25, 0.3) is 0 Å². The molecule has 1 fully saturated rings. The number of fused-ring (bicyclic) bond motifs is 1. The summed E-state index contributed by atoms with van der Waals surface area (Å²) in [5.74, 6) is 0.380. The van der Waals surface area contributed by atoms with Crippen LogP contribution < -0.4 is 4.74 Å². The zero-order valence-corrected chi connectivity index (χ0v) is 21.5. The third-order valence-corrected chi connectivity index (χ3v) is 5.98. The van der Waals surface area contributed by atoms with Crippen molar-refractivity contribution in [3.05, 3.63) is 81.7 Å². The molecule has 0 aliphatic carbocycles. The SMILES string of the molecule is CC(C)(C)OC(=O)c1ccc(Cn2c(/C=C/[N+](=O)[O-])cc3cc(OCCN4CCOCC4)ccc32)cc1. The molecule has 0 atom stereocenters. The highest BCUT2D eigenvalue weighted by Gasteiger charge is 2.18. The molecule has 0 amide bonds. The number of carbonyl (C=O) groups excluding carboxylic acids is 1. The van der Waals surface area contributed by atoms with Gasteiger partial charge in [0.2, 0.25) is 6.20 Å². The van der Waals surface area contributed by atoms with E-state index in [0.717, 1.165) is 61.3 Å². The first-order valence-electron chi connectivity index (χ1n) is 12.4. The Hall–Kier alpha value is -3.69. The Morgan fingerprint density at radius 1 is 1.11 bits per heavy atom. The molecule has 2 aromatic carbocycles. The normalized spacial score (nSPS) is 14.8. The van der Waals surface area contributed by atoms with E-state index in [4.69, 9.17) is 14.2 Å². The molecule has 4 rings (SSSR count). The van der Waals surface area contributed by atoms with Gasteiger partial charge in [0.05, 0.1) is 23.7 Å². The molecule has 1 aliphatic heterocycles. The lowest BCUT2D eigenvalue weighted by Gasteiger charge is -2.26. The van der Waals surface area contributed by atoms with Crippen molar-refractivity contribution in [3.8, 4) is 5.75 Å². The summed E-state index contributed by atoms with van der Waals surface area (Å²) in [5.41, 5.74) is 2.49. The highest BCUT2D eigenvalue weighted by Crippen LogP contribution is 2.27. The predicted molar refractivity (Wildman–Crippen MR) is 141 cm³/mol. The highest BCUT2D eigenvalue weighted by atomic mass is 16.6. The van der Waals surface area contributed by atoms with Gasteiger partial charge in [-0.15, -0.1) is 0 Å². The lowest BCUT2D eigenvalue weighted by atomic mass is 10.1. The van der Waals surface area contributed by atoms with Gasteiger partial charge in [-0.2, -0.15) is 0 Å². The Labute approximate surface area is 216 Å². The Balaban J connectivity index is 1.52. The molecule has 3 aromatic rings. The molecule has 1 aromatic heterocycles. The molecule has 9 nitrogen and oxygen atoms in total. The molecule has 1 saturated heterocycles. The van der Waals surface area contributed by atoms with E-state index in [1.54, 1.807) is 12.1 Å². The molecule has 0 bridgehead atoms. The number of esters is 1. The summed E-state index contributed by atoms with van der Waals surface area (Å²) in [6, 6.07) is 15.0. The monoisotopic (exact) mass is 507 g/mol. The van der Waals surface area contributed by atoms with Crippen LogP contribution in [0.2, 0.25) is 0 Å². The third-order valence-electron chi connectivity index (χ3n) is 5.98. The van der Waals surface area contributed by atoms with Crippen molar-refractivity contribution in [1.29, 1.82) is 0 Å². The second-order valence-corrected chi connectivity index (χ2v) is 9.98. The molecule has 0 radical (unpaired) electrons. The van der Waals surface area contributed by atoms with Crippen LogP contribution in [0.1, 0.15) is 42.4 Å². The first-order valence-corrected chi connectivity index (χ1v) is 12.4. The van der Waals surface area contributed by atoms with Crippen LogP contribution in [0.15, 0.2) is 54.7 Å². The quantitative estimate of drug-likeness (QED) is 0.237. The number of hydrogen-bond acceptors (Lipinski definition) is 7. The number of aromatic nitrogens is 1. The maximum Gasteiger partial charge on any atom is 0.338 e. The number of carbonyl (C=O) groups is 1. The van der Waals surface area contributed by atoms with Gasteiger partial charge >= 0.3 is 5.97 Å². The minimum absolute atomic E-state index is 0.374. The Kier molecular flexibility index (Phi) is 8.25. The lowest BCUT2D eigenvalue weighted by molar-refractivity contribution is -0.401. The van der Waals surface area contributed by atoms with Crippen molar-refractivity contribution in [1.82, 2.24) is 9.47 Å². The van der Waals surface area contributed by atoms with Gasteiger partial charge in [-0.3, -0.25) is 15.0 Å². The zero-order valence-electron chi connectivity index (χ0n) is 21.5. The average molecular weight is 508 g/mol. The van der Waals surface area contributed by atoms with Crippen LogP contribution in [0, 0.1) is 10.1 Å². The fourth-order valence-electron chi connectivity index (χ4n) is 4.20. The maximum absolute atomic E-state index is 12.3. The van der Waals surface area contributed by atoms with E-state index in [1.165, 1.54) is 6.08 Å². The summed E-state index contributed by atoms with van der Waals surface area (Å²) in [6.45, 7) is 10.7. The summed E-state index contributed by atoms with van der Waals surface area (Å²) >= 11 is 0. The van der Waals surface area contributed by atoms with Gasteiger partial charge in [0.15, 0.2) is 0 Å². The molecule has 0 unspecified atom stereocenters. The Bertz CT molecular complexity index is 1270. The smallest absolute Gasteiger partial charge is 0.338 e. The molecule has 9 heteroatoms. The average Bonchev–Trinajstić information content (AvgIpc) is 3.19. The molecule has 0 spiro atoms. The van der Waals surface area contributed by atoms with Crippen molar-refractivity contribution in [2.45, 2.75) is 32.9 Å². The topological polar surface area (TPSA) is 96.1 Å². The van der Waals surface area contributed by atoms with Gasteiger partial charge in [0.1, 0.15) is 18.0 Å². The summed E-state index contributed by atoms with van der Waals surface area (Å²) in [4.78, 5) is 25.2. The fourth-order valence-corrected chi connectivity index (χ4v) is 4.20. The second kappa shape index (κ2) is 11.6. The van der Waals surface area contributed by atoms with E-state index < -0.39 is 10.5 Å². The van der Waals surface area contributed by atoms with Crippen molar-refractivity contribution in [3.63, 3.8) is 0 Å². The van der Waals surface area contributed by atoms with Gasteiger partial charge in [0, 0.05) is 48.9 Å². The molecule has 196 valence electrons. The van der Waals surface area contributed by atoms with Gasteiger partial charge < -0.3 is 18.8 Å². The zero-order chi connectivity index (χ0) is 26.4. The minimum Gasteiger partial charge on any atom is -0.492 e. The molecule has 0 saturated carbocycles. The van der Waals surface area contributed by atoms with Crippen LogP contribution in [-0.4, -0.2) is 65.4 Å². The Morgan fingerprint density at radius 3 is 2.51 bits per heavy atom. The fraction of sp³-hybridized carbons (Fsp3) is 0.393. The largest absolute Gasteiger partial charge is 0.492 e. The van der Waals surface area contributed by atoms with E-state index in [9.17, 15) is 14.9 Å². The number of benzene rings is 2. The molecular formula is C28H33N3O6. The number of morpholine rings is 1. The molecule has 37 heavy (non-hydrogen) atoms. The van der Waals surface area contributed by atoms with Gasteiger partial charge in [-0.1, -0.05) is 12.1 Å². The van der Waals surface area contributed by atoms with Crippen LogP contribution in [-0.2, 0) is 16.0 Å². The summed E-state index contributed by atoms with van der Waals surface area (Å²) in [5, 5.41) is 11.9. The molecule has 2 heterocycles. The van der Waals surface area contributed by atoms with Crippen molar-refractivity contribution < 1.29 is 23.9 Å². The lowest BCUT2D eigenvalue weighted by Crippen LogP contribution is -2.38. The summed E-state index contributed by atoms with van der Waals surface area (Å²) < 4.78 is 18.8. The number of ether oxygens (including phenoxy) is 3. The Morgan fingerprint density at radius 2 is 1.84 bits per heavy atom. The van der Waals surface area contributed by atoms with E-state index in [2.05, 4.69) is 4.90 Å². The van der Waals surface area contributed by atoms with Crippen LogP contribution in [0.5, 0.6) is 5.75 Å². The van der Waals surface area contributed by atoms with Crippen LogP contribution >= 0.6 is 0 Å². The van der Waals surface area contributed by atoms with Crippen LogP contribution in [0.3, 0.4) is 0 Å². The van der Waals surface area contributed by atoms with E-state index in [1.807, 2.05) is 61.7 Å². The van der Waals surface area contributed by atoms with Gasteiger partial charge in [-0.05, 0) is 62.7 Å². The first-order chi connectivity index (χ1) is 17.7. The number of nitro groups is 1. The van der Waals surface area contributed by atoms with Crippen molar-refractivity contribution in [2.75, 3.05) is 39.5 Å². The van der Waals surface area contributed by atoms with Gasteiger partial charge in [-0.25, -0.2) is 4.79 Å².